The third-order valence-electron chi connectivity index (χ3n) is 3.44. The highest BCUT2D eigenvalue weighted by atomic mass is 16.5. The Balaban J connectivity index is 1.66. The Morgan fingerprint density at radius 1 is 1.17 bits per heavy atom. The van der Waals surface area contributed by atoms with Crippen LogP contribution in [0.4, 0.5) is 0 Å². The maximum atomic E-state index is 11.1. The monoisotopic (exact) mass is 320 g/mol. The number of nitrogens with zero attached hydrogens (tertiary/aromatic N) is 3. The number of amides is 1. The largest absolute Gasteiger partial charge is 0.366 e. The molecule has 0 unspecified atom stereocenters. The Kier molecular flexibility index (Phi) is 4.47. The summed E-state index contributed by atoms with van der Waals surface area (Å²) in [5.41, 5.74) is 8.59. The van der Waals surface area contributed by atoms with Crippen molar-refractivity contribution in [2.24, 2.45) is 5.73 Å². The second-order valence-corrected chi connectivity index (χ2v) is 5.35. The summed E-state index contributed by atoms with van der Waals surface area (Å²) < 4.78 is 5.20. The molecular formula is C18H16N4O2. The molecule has 0 fully saturated rings. The van der Waals surface area contributed by atoms with Gasteiger partial charge in [0.1, 0.15) is 0 Å². The first-order chi connectivity index (χ1) is 11.6. The number of pyridine rings is 1. The first-order valence-corrected chi connectivity index (χ1v) is 7.42. The Hall–Kier alpha value is -3.28. The summed E-state index contributed by atoms with van der Waals surface area (Å²) in [6, 6.07) is 10.9. The molecule has 0 atom stereocenters. The standard InChI is InChI=1S/C18H16N4O2/c1-12-2-3-14(11-20-12)6-9-17-21-16(22-24-17)10-13-4-7-15(8-5-13)18(19)23/h2-9,11H,10H2,1H3,(H2,19,23)/b9-6+. The lowest BCUT2D eigenvalue weighted by Gasteiger charge is -1.98. The topological polar surface area (TPSA) is 94.9 Å². The highest BCUT2D eigenvalue weighted by Crippen LogP contribution is 2.11. The van der Waals surface area contributed by atoms with Gasteiger partial charge in [-0.05, 0) is 42.3 Å². The summed E-state index contributed by atoms with van der Waals surface area (Å²) in [4.78, 5) is 19.6. The van der Waals surface area contributed by atoms with Crippen LogP contribution >= 0.6 is 0 Å². The van der Waals surface area contributed by atoms with Gasteiger partial charge in [0.25, 0.3) is 5.89 Å². The molecule has 0 spiro atoms. The maximum Gasteiger partial charge on any atom is 0.250 e. The van der Waals surface area contributed by atoms with Crippen molar-refractivity contribution in [3.63, 3.8) is 0 Å². The van der Waals surface area contributed by atoms with Crippen LogP contribution in [0.2, 0.25) is 0 Å². The van der Waals surface area contributed by atoms with Crippen molar-refractivity contribution in [1.29, 1.82) is 0 Å². The zero-order chi connectivity index (χ0) is 16.9. The number of hydrogen-bond acceptors (Lipinski definition) is 5. The van der Waals surface area contributed by atoms with Gasteiger partial charge < -0.3 is 10.3 Å². The fourth-order valence-corrected chi connectivity index (χ4v) is 2.12. The van der Waals surface area contributed by atoms with Crippen molar-refractivity contribution in [2.45, 2.75) is 13.3 Å². The molecule has 0 bridgehead atoms. The summed E-state index contributed by atoms with van der Waals surface area (Å²) in [6.07, 6.45) is 5.91. The average molecular weight is 320 g/mol. The quantitative estimate of drug-likeness (QED) is 0.779. The van der Waals surface area contributed by atoms with E-state index in [1.165, 1.54) is 0 Å². The molecule has 120 valence electrons. The second kappa shape index (κ2) is 6.87. The Labute approximate surface area is 139 Å². The zero-order valence-electron chi connectivity index (χ0n) is 13.1. The summed E-state index contributed by atoms with van der Waals surface area (Å²) >= 11 is 0. The molecule has 2 heterocycles. The van der Waals surface area contributed by atoms with Gasteiger partial charge in [0, 0.05) is 30.0 Å². The molecule has 0 radical (unpaired) electrons. The van der Waals surface area contributed by atoms with Gasteiger partial charge in [-0.2, -0.15) is 4.98 Å². The van der Waals surface area contributed by atoms with Crippen LogP contribution in [0.3, 0.4) is 0 Å². The van der Waals surface area contributed by atoms with E-state index in [0.29, 0.717) is 23.7 Å². The number of primary amides is 1. The van der Waals surface area contributed by atoms with Gasteiger partial charge in [0.05, 0.1) is 0 Å². The van der Waals surface area contributed by atoms with Crippen molar-refractivity contribution >= 4 is 18.1 Å². The molecule has 0 aliphatic carbocycles. The maximum absolute atomic E-state index is 11.1. The van der Waals surface area contributed by atoms with Crippen LogP contribution < -0.4 is 5.73 Å². The van der Waals surface area contributed by atoms with Crippen LogP contribution in [0, 0.1) is 6.92 Å². The minimum atomic E-state index is -0.445. The van der Waals surface area contributed by atoms with Crippen molar-refractivity contribution in [3.8, 4) is 0 Å². The SMILES string of the molecule is Cc1ccc(/C=C/c2nc(Cc3ccc(C(N)=O)cc3)no2)cn1. The first kappa shape index (κ1) is 15.6. The van der Waals surface area contributed by atoms with Gasteiger partial charge in [-0.15, -0.1) is 0 Å². The number of carbonyl (C=O) groups excluding carboxylic acids is 1. The smallest absolute Gasteiger partial charge is 0.250 e. The summed E-state index contributed by atoms with van der Waals surface area (Å²) in [6.45, 7) is 1.94. The van der Waals surface area contributed by atoms with E-state index >= 15 is 0 Å². The average Bonchev–Trinajstić information content (AvgIpc) is 3.02. The Bertz CT molecular complexity index is 865. The van der Waals surface area contributed by atoms with Gasteiger partial charge in [0.15, 0.2) is 5.82 Å². The molecular weight excluding hydrogens is 304 g/mol. The number of rotatable bonds is 5. The molecule has 3 rings (SSSR count). The van der Waals surface area contributed by atoms with E-state index in [2.05, 4.69) is 15.1 Å². The molecule has 2 aromatic heterocycles. The van der Waals surface area contributed by atoms with Crippen LogP contribution in [-0.4, -0.2) is 21.0 Å². The number of hydrogen-bond donors (Lipinski definition) is 1. The molecule has 0 saturated carbocycles. The van der Waals surface area contributed by atoms with E-state index in [9.17, 15) is 4.79 Å². The third-order valence-corrected chi connectivity index (χ3v) is 3.44. The van der Waals surface area contributed by atoms with Crippen molar-refractivity contribution < 1.29 is 9.32 Å². The van der Waals surface area contributed by atoms with Crippen LogP contribution in [0.5, 0.6) is 0 Å². The minimum absolute atomic E-state index is 0.430. The van der Waals surface area contributed by atoms with E-state index in [1.54, 1.807) is 24.4 Å². The zero-order valence-corrected chi connectivity index (χ0v) is 13.1. The van der Waals surface area contributed by atoms with Gasteiger partial charge in [-0.25, -0.2) is 0 Å². The van der Waals surface area contributed by atoms with Crippen LogP contribution in [-0.2, 0) is 6.42 Å². The molecule has 1 amide bonds. The van der Waals surface area contributed by atoms with Crippen molar-refractivity contribution in [3.05, 3.63) is 76.7 Å². The molecule has 6 nitrogen and oxygen atoms in total. The molecule has 3 aromatic rings. The Morgan fingerprint density at radius 3 is 2.62 bits per heavy atom. The lowest BCUT2D eigenvalue weighted by atomic mass is 10.1. The lowest BCUT2D eigenvalue weighted by Crippen LogP contribution is -2.10. The van der Waals surface area contributed by atoms with E-state index in [4.69, 9.17) is 10.3 Å². The summed E-state index contributed by atoms with van der Waals surface area (Å²) in [7, 11) is 0. The molecule has 24 heavy (non-hydrogen) atoms. The number of aromatic nitrogens is 3. The van der Waals surface area contributed by atoms with Gasteiger partial charge in [-0.3, -0.25) is 9.78 Å². The highest BCUT2D eigenvalue weighted by Gasteiger charge is 2.06. The molecule has 0 aliphatic heterocycles. The third kappa shape index (κ3) is 3.92. The second-order valence-electron chi connectivity index (χ2n) is 5.35. The normalized spacial score (nSPS) is 11.0. The predicted octanol–water partition coefficient (Wildman–Crippen LogP) is 2.63. The van der Waals surface area contributed by atoms with Gasteiger partial charge in [-0.1, -0.05) is 23.4 Å². The van der Waals surface area contributed by atoms with Crippen LogP contribution in [0.15, 0.2) is 47.1 Å². The number of nitrogens with two attached hydrogens (primary N) is 1. The molecule has 2 N–H and O–H groups in total. The van der Waals surface area contributed by atoms with E-state index < -0.39 is 5.91 Å². The molecule has 1 aromatic carbocycles. The molecule has 0 aliphatic rings. The van der Waals surface area contributed by atoms with E-state index in [1.807, 2.05) is 37.3 Å². The predicted molar refractivity (Wildman–Crippen MR) is 90.0 cm³/mol. The van der Waals surface area contributed by atoms with E-state index in [-0.39, 0.29) is 0 Å². The molecule has 0 saturated heterocycles. The Morgan fingerprint density at radius 2 is 1.96 bits per heavy atom. The van der Waals surface area contributed by atoms with Crippen molar-refractivity contribution in [1.82, 2.24) is 15.1 Å². The number of aryl methyl sites for hydroxylation is 1. The lowest BCUT2D eigenvalue weighted by molar-refractivity contribution is 0.100. The fourth-order valence-electron chi connectivity index (χ4n) is 2.12. The number of carbonyl (C=O) groups is 1. The van der Waals surface area contributed by atoms with Crippen LogP contribution in [0.25, 0.3) is 12.2 Å². The number of benzene rings is 1. The summed E-state index contributed by atoms with van der Waals surface area (Å²) in [5.74, 6) is 0.557. The first-order valence-electron chi connectivity index (χ1n) is 7.42. The van der Waals surface area contributed by atoms with Crippen molar-refractivity contribution in [2.75, 3.05) is 0 Å². The van der Waals surface area contributed by atoms with Gasteiger partial charge in [0.2, 0.25) is 5.91 Å². The van der Waals surface area contributed by atoms with E-state index in [0.717, 1.165) is 16.8 Å². The fraction of sp³-hybridized carbons (Fsp3) is 0.111. The summed E-state index contributed by atoms with van der Waals surface area (Å²) in [5, 5.41) is 3.95. The van der Waals surface area contributed by atoms with Crippen LogP contribution in [0.1, 0.15) is 38.9 Å². The van der Waals surface area contributed by atoms with Gasteiger partial charge >= 0.3 is 0 Å². The minimum Gasteiger partial charge on any atom is -0.366 e. The molecule has 6 heteroatoms. The highest BCUT2D eigenvalue weighted by molar-refractivity contribution is 5.92.